The van der Waals surface area contributed by atoms with Gasteiger partial charge >= 0.3 is 0 Å². The molecule has 4 N–H and O–H groups in total. The highest BCUT2D eigenvalue weighted by Crippen LogP contribution is 2.26. The van der Waals surface area contributed by atoms with Crippen LogP contribution in [0.1, 0.15) is 31.9 Å². The predicted molar refractivity (Wildman–Crippen MR) is 47.4 cm³/mol. The maximum Gasteiger partial charge on any atom is 0.124 e. The Morgan fingerprint density at radius 3 is 2.83 bits per heavy atom. The van der Waals surface area contributed by atoms with Crippen molar-refractivity contribution in [3.8, 4) is 0 Å². The number of nitrogens with two attached hydrogens (primary N) is 1. The van der Waals surface area contributed by atoms with Crippen molar-refractivity contribution in [3.63, 3.8) is 0 Å². The summed E-state index contributed by atoms with van der Waals surface area (Å²) in [4.78, 5) is 0. The highest BCUT2D eigenvalue weighted by atomic mass is 16.3. The molecule has 1 rings (SSSR count). The fraction of sp³-hybridized carbons (Fsp3) is 0.625. The topological polar surface area (TPSA) is 74.9 Å². The van der Waals surface area contributed by atoms with Crippen LogP contribution >= 0.6 is 0 Å². The summed E-state index contributed by atoms with van der Waals surface area (Å²) in [6.07, 6.45) is 1.99. The average Bonchev–Trinajstić information content (AvgIpc) is 2.48. The van der Waals surface area contributed by atoms with E-state index in [-0.39, 0.29) is 5.92 Å². The summed E-state index contributed by atoms with van der Waals surface area (Å²) in [5.74, 6) is 0.674. The first-order valence-electron chi connectivity index (χ1n) is 4.13. The number of aliphatic hydroxyl groups excluding tert-OH is 1. The number of hydrogen-bond acceptors (Lipinski definition) is 3. The zero-order chi connectivity index (χ0) is 9.14. The van der Waals surface area contributed by atoms with Gasteiger partial charge in [-0.15, -0.1) is 0 Å². The fourth-order valence-electron chi connectivity index (χ4n) is 1.07. The van der Waals surface area contributed by atoms with Crippen molar-refractivity contribution in [2.75, 3.05) is 5.73 Å². The Labute approximate surface area is 71.8 Å². The minimum atomic E-state index is -0.506. The van der Waals surface area contributed by atoms with Gasteiger partial charge in [0.25, 0.3) is 0 Å². The molecule has 0 aliphatic heterocycles. The van der Waals surface area contributed by atoms with E-state index >= 15 is 0 Å². The number of nitrogens with one attached hydrogen (secondary N) is 1. The quantitative estimate of drug-likeness (QED) is 0.633. The van der Waals surface area contributed by atoms with Crippen molar-refractivity contribution in [2.24, 2.45) is 5.92 Å². The van der Waals surface area contributed by atoms with E-state index in [0.29, 0.717) is 11.4 Å². The van der Waals surface area contributed by atoms with Crippen LogP contribution in [0.2, 0.25) is 0 Å². The van der Waals surface area contributed by atoms with Crippen LogP contribution in [0, 0.1) is 5.92 Å². The summed E-state index contributed by atoms with van der Waals surface area (Å²) in [5, 5.41) is 16.1. The van der Waals surface area contributed by atoms with Crippen LogP contribution < -0.4 is 5.73 Å². The van der Waals surface area contributed by atoms with Gasteiger partial charge in [-0.25, -0.2) is 0 Å². The van der Waals surface area contributed by atoms with E-state index in [1.807, 2.05) is 13.8 Å². The van der Waals surface area contributed by atoms with Gasteiger partial charge in [0, 0.05) is 5.56 Å². The lowest BCUT2D eigenvalue weighted by Crippen LogP contribution is -2.09. The summed E-state index contributed by atoms with van der Waals surface area (Å²) < 4.78 is 0. The molecule has 0 bridgehead atoms. The van der Waals surface area contributed by atoms with Crippen LogP contribution in [-0.4, -0.2) is 15.3 Å². The van der Waals surface area contributed by atoms with E-state index in [0.717, 1.165) is 6.42 Å². The molecule has 12 heavy (non-hydrogen) atoms. The molecular formula is C8H15N3O. The van der Waals surface area contributed by atoms with Crippen molar-refractivity contribution < 1.29 is 5.11 Å². The second-order valence-electron chi connectivity index (χ2n) is 3.07. The molecule has 1 aromatic heterocycles. The molecule has 0 aliphatic carbocycles. The van der Waals surface area contributed by atoms with Crippen LogP contribution in [-0.2, 0) is 0 Å². The zero-order valence-corrected chi connectivity index (χ0v) is 7.41. The summed E-state index contributed by atoms with van der Waals surface area (Å²) in [6, 6.07) is 0. The lowest BCUT2D eigenvalue weighted by molar-refractivity contribution is 0.116. The van der Waals surface area contributed by atoms with Crippen LogP contribution in [0.4, 0.5) is 5.82 Å². The van der Waals surface area contributed by atoms with Crippen LogP contribution in [0.3, 0.4) is 0 Å². The summed E-state index contributed by atoms with van der Waals surface area (Å²) in [7, 11) is 0. The van der Waals surface area contributed by atoms with Gasteiger partial charge in [-0.05, 0) is 5.92 Å². The number of nitrogens with zero attached hydrogens (tertiary/aromatic N) is 1. The number of rotatable bonds is 3. The van der Waals surface area contributed by atoms with Gasteiger partial charge in [-0.2, -0.15) is 5.10 Å². The Kier molecular flexibility index (Phi) is 2.70. The summed E-state index contributed by atoms with van der Waals surface area (Å²) >= 11 is 0. The van der Waals surface area contributed by atoms with Gasteiger partial charge in [0.05, 0.1) is 12.3 Å². The molecule has 0 aliphatic rings. The molecule has 1 heterocycles. The van der Waals surface area contributed by atoms with E-state index in [1.54, 1.807) is 6.20 Å². The number of anilines is 1. The van der Waals surface area contributed by atoms with Gasteiger partial charge in [0.1, 0.15) is 5.82 Å². The maximum atomic E-state index is 9.72. The van der Waals surface area contributed by atoms with E-state index in [9.17, 15) is 5.11 Å². The zero-order valence-electron chi connectivity index (χ0n) is 7.41. The number of aliphatic hydroxyl groups is 1. The van der Waals surface area contributed by atoms with E-state index in [1.165, 1.54) is 0 Å². The van der Waals surface area contributed by atoms with Crippen LogP contribution in [0.5, 0.6) is 0 Å². The van der Waals surface area contributed by atoms with Gasteiger partial charge in [-0.3, -0.25) is 5.10 Å². The largest absolute Gasteiger partial charge is 0.388 e. The van der Waals surface area contributed by atoms with Crippen molar-refractivity contribution in [1.82, 2.24) is 10.2 Å². The van der Waals surface area contributed by atoms with Crippen molar-refractivity contribution >= 4 is 5.82 Å². The lowest BCUT2D eigenvalue weighted by Gasteiger charge is -2.15. The second kappa shape index (κ2) is 3.58. The Morgan fingerprint density at radius 1 is 1.75 bits per heavy atom. The molecule has 0 aromatic carbocycles. The van der Waals surface area contributed by atoms with Crippen molar-refractivity contribution in [3.05, 3.63) is 11.8 Å². The molecular weight excluding hydrogens is 154 g/mol. The lowest BCUT2D eigenvalue weighted by atomic mass is 9.97. The number of nitrogen functional groups attached to an aromatic ring is 1. The van der Waals surface area contributed by atoms with E-state index in [4.69, 9.17) is 5.73 Å². The monoisotopic (exact) mass is 169 g/mol. The SMILES string of the molecule is CCC(C)C(O)c1cn[nH]c1N. The average molecular weight is 169 g/mol. The first-order valence-corrected chi connectivity index (χ1v) is 4.13. The minimum absolute atomic E-state index is 0.213. The molecule has 4 nitrogen and oxygen atoms in total. The second-order valence-corrected chi connectivity index (χ2v) is 3.07. The highest BCUT2D eigenvalue weighted by molar-refractivity contribution is 5.38. The molecule has 2 unspecified atom stereocenters. The molecule has 0 amide bonds. The van der Waals surface area contributed by atoms with Gasteiger partial charge < -0.3 is 10.8 Å². The number of hydrogen-bond donors (Lipinski definition) is 3. The minimum Gasteiger partial charge on any atom is -0.388 e. The Morgan fingerprint density at radius 2 is 2.42 bits per heavy atom. The van der Waals surface area contributed by atoms with Crippen LogP contribution in [0.15, 0.2) is 6.20 Å². The van der Waals surface area contributed by atoms with Gasteiger partial charge in [0.2, 0.25) is 0 Å². The van der Waals surface area contributed by atoms with Crippen molar-refractivity contribution in [1.29, 1.82) is 0 Å². The predicted octanol–water partition coefficient (Wildman–Crippen LogP) is 1.07. The fourth-order valence-corrected chi connectivity index (χ4v) is 1.07. The van der Waals surface area contributed by atoms with E-state index < -0.39 is 6.10 Å². The first-order chi connectivity index (χ1) is 5.66. The molecule has 0 saturated carbocycles. The molecule has 0 spiro atoms. The van der Waals surface area contributed by atoms with Crippen molar-refractivity contribution in [2.45, 2.75) is 26.4 Å². The third-order valence-electron chi connectivity index (χ3n) is 2.20. The number of aromatic amines is 1. The summed E-state index contributed by atoms with van der Waals surface area (Å²) in [5.41, 5.74) is 6.25. The number of aromatic nitrogens is 2. The maximum absolute atomic E-state index is 9.72. The Bertz CT molecular complexity index is 246. The van der Waals surface area contributed by atoms with Gasteiger partial charge in [0.15, 0.2) is 0 Å². The Hall–Kier alpha value is -1.03. The highest BCUT2D eigenvalue weighted by Gasteiger charge is 2.18. The van der Waals surface area contributed by atoms with Crippen LogP contribution in [0.25, 0.3) is 0 Å². The molecule has 0 saturated heterocycles. The molecule has 4 heteroatoms. The first kappa shape index (κ1) is 9.06. The molecule has 1 aromatic rings. The number of H-pyrrole nitrogens is 1. The third-order valence-corrected chi connectivity index (χ3v) is 2.20. The third kappa shape index (κ3) is 1.58. The molecule has 68 valence electrons. The standard InChI is InChI=1S/C8H15N3O/c1-3-5(2)7(12)6-4-10-11-8(6)9/h4-5,7,12H,3H2,1-2H3,(H3,9,10,11). The van der Waals surface area contributed by atoms with E-state index in [2.05, 4.69) is 10.2 Å². The molecule has 0 fully saturated rings. The smallest absolute Gasteiger partial charge is 0.124 e. The normalized spacial score (nSPS) is 15.9. The molecule has 2 atom stereocenters. The molecule has 0 radical (unpaired) electrons. The Balaban J connectivity index is 2.77. The summed E-state index contributed by atoms with van der Waals surface area (Å²) in [6.45, 7) is 4.02. The van der Waals surface area contributed by atoms with Gasteiger partial charge in [-0.1, -0.05) is 20.3 Å².